The first-order chi connectivity index (χ1) is 9.07. The number of methoxy groups -OCH3 is 4. The molecule has 1 aromatic rings. The number of carbonyl (C=O) groups excluding carboxylic acids is 2. The Bertz CT molecular complexity index is 488. The average Bonchev–Trinajstić information content (AvgIpc) is 2.46. The van der Waals surface area contributed by atoms with Gasteiger partial charge in [0.05, 0.1) is 34.0 Å². The Labute approximate surface area is 109 Å². The van der Waals surface area contributed by atoms with Crippen molar-refractivity contribution in [1.82, 2.24) is 4.98 Å². The largest absolute Gasteiger partial charge is 0.481 e. The molecule has 1 amide bonds. The molecule has 0 aliphatic heterocycles. The standard InChI is InChI=1S/C11H14N2O6/c1-16-7-5-6(10(14)18-3)8(9(12-7)17-2)13-11(15)19-4/h5H,1-4H3,(H,13,15). The van der Waals surface area contributed by atoms with Crippen LogP contribution in [0.2, 0.25) is 0 Å². The van der Waals surface area contributed by atoms with Crippen molar-refractivity contribution in [1.29, 1.82) is 0 Å². The number of pyridine rings is 1. The van der Waals surface area contributed by atoms with Crippen molar-refractivity contribution in [2.75, 3.05) is 33.8 Å². The van der Waals surface area contributed by atoms with Gasteiger partial charge in [0.1, 0.15) is 5.69 Å². The molecule has 0 aliphatic rings. The number of ether oxygens (including phenoxy) is 4. The van der Waals surface area contributed by atoms with E-state index in [1.54, 1.807) is 0 Å². The fourth-order valence-electron chi connectivity index (χ4n) is 1.30. The summed E-state index contributed by atoms with van der Waals surface area (Å²) in [5.74, 6) is -0.525. The Morgan fingerprint density at radius 2 is 1.79 bits per heavy atom. The van der Waals surface area contributed by atoms with Gasteiger partial charge in [-0.05, 0) is 0 Å². The number of nitrogens with zero attached hydrogens (tertiary/aromatic N) is 1. The monoisotopic (exact) mass is 270 g/mol. The van der Waals surface area contributed by atoms with Crippen LogP contribution in [0.1, 0.15) is 10.4 Å². The number of esters is 1. The molecule has 1 rings (SSSR count). The smallest absolute Gasteiger partial charge is 0.411 e. The minimum absolute atomic E-state index is 0.00477. The van der Waals surface area contributed by atoms with Crippen LogP contribution < -0.4 is 14.8 Å². The number of hydrogen-bond acceptors (Lipinski definition) is 7. The van der Waals surface area contributed by atoms with Gasteiger partial charge in [0.15, 0.2) is 0 Å². The highest BCUT2D eigenvalue weighted by Crippen LogP contribution is 2.30. The highest BCUT2D eigenvalue weighted by molar-refractivity contribution is 6.01. The van der Waals surface area contributed by atoms with E-state index in [-0.39, 0.29) is 23.0 Å². The topological polar surface area (TPSA) is 96.0 Å². The molecule has 19 heavy (non-hydrogen) atoms. The van der Waals surface area contributed by atoms with Crippen LogP contribution in [0.25, 0.3) is 0 Å². The Hall–Kier alpha value is -2.51. The second-order valence-corrected chi connectivity index (χ2v) is 3.20. The fourth-order valence-corrected chi connectivity index (χ4v) is 1.30. The highest BCUT2D eigenvalue weighted by atomic mass is 16.5. The molecule has 0 fully saturated rings. The predicted octanol–water partition coefficient (Wildman–Crippen LogP) is 1.06. The van der Waals surface area contributed by atoms with Crippen LogP contribution in [0.3, 0.4) is 0 Å². The SMILES string of the molecule is COC(=O)Nc1c(C(=O)OC)cc(OC)nc1OC. The maximum atomic E-state index is 11.7. The Balaban J connectivity index is 3.36. The van der Waals surface area contributed by atoms with Gasteiger partial charge in [-0.25, -0.2) is 9.59 Å². The zero-order chi connectivity index (χ0) is 14.4. The number of anilines is 1. The van der Waals surface area contributed by atoms with Gasteiger partial charge in [0.25, 0.3) is 0 Å². The quantitative estimate of drug-likeness (QED) is 0.817. The third kappa shape index (κ3) is 3.24. The second kappa shape index (κ2) is 6.43. The Morgan fingerprint density at radius 1 is 1.11 bits per heavy atom. The number of carbonyl (C=O) groups is 2. The van der Waals surface area contributed by atoms with Crippen LogP contribution >= 0.6 is 0 Å². The molecule has 1 aromatic heterocycles. The van der Waals surface area contributed by atoms with Crippen molar-refractivity contribution < 1.29 is 28.5 Å². The van der Waals surface area contributed by atoms with E-state index < -0.39 is 12.1 Å². The summed E-state index contributed by atoms with van der Waals surface area (Å²) >= 11 is 0. The van der Waals surface area contributed by atoms with Gasteiger partial charge in [0.2, 0.25) is 11.8 Å². The van der Waals surface area contributed by atoms with E-state index in [1.165, 1.54) is 34.5 Å². The van der Waals surface area contributed by atoms with Crippen LogP contribution in [0.5, 0.6) is 11.8 Å². The fraction of sp³-hybridized carbons (Fsp3) is 0.364. The van der Waals surface area contributed by atoms with E-state index in [0.29, 0.717) is 0 Å². The van der Waals surface area contributed by atoms with Crippen LogP contribution in [-0.2, 0) is 9.47 Å². The molecule has 104 valence electrons. The minimum atomic E-state index is -0.768. The summed E-state index contributed by atoms with van der Waals surface area (Å²) in [5.41, 5.74) is 0.0820. The molecule has 0 aliphatic carbocycles. The molecule has 0 saturated carbocycles. The third-order valence-corrected chi connectivity index (χ3v) is 2.18. The first-order valence-corrected chi connectivity index (χ1v) is 5.13. The van der Waals surface area contributed by atoms with Crippen molar-refractivity contribution in [3.8, 4) is 11.8 Å². The van der Waals surface area contributed by atoms with Gasteiger partial charge in [-0.2, -0.15) is 4.98 Å². The molecule has 8 nitrogen and oxygen atoms in total. The molecule has 0 saturated heterocycles. The van der Waals surface area contributed by atoms with E-state index in [9.17, 15) is 9.59 Å². The molecular formula is C11H14N2O6. The van der Waals surface area contributed by atoms with E-state index in [2.05, 4.69) is 19.8 Å². The molecule has 0 aromatic carbocycles. The maximum absolute atomic E-state index is 11.7. The predicted molar refractivity (Wildman–Crippen MR) is 64.7 cm³/mol. The summed E-state index contributed by atoms with van der Waals surface area (Å²) in [6, 6.07) is 1.32. The maximum Gasteiger partial charge on any atom is 0.411 e. The summed E-state index contributed by atoms with van der Waals surface area (Å²) in [5, 5.41) is 2.34. The molecule has 1 heterocycles. The molecule has 0 unspecified atom stereocenters. The number of aromatic nitrogens is 1. The first kappa shape index (κ1) is 14.6. The number of rotatable bonds is 4. The number of hydrogen-bond donors (Lipinski definition) is 1. The van der Waals surface area contributed by atoms with E-state index >= 15 is 0 Å². The zero-order valence-corrected chi connectivity index (χ0v) is 11.0. The summed E-state index contributed by atoms with van der Waals surface area (Å²) < 4.78 is 19.0. The highest BCUT2D eigenvalue weighted by Gasteiger charge is 2.22. The Kier molecular flexibility index (Phi) is 4.92. The van der Waals surface area contributed by atoms with Crippen molar-refractivity contribution in [3.63, 3.8) is 0 Å². The molecule has 0 radical (unpaired) electrons. The first-order valence-electron chi connectivity index (χ1n) is 5.13. The van der Waals surface area contributed by atoms with E-state index in [1.807, 2.05) is 0 Å². The van der Waals surface area contributed by atoms with E-state index in [4.69, 9.17) is 9.47 Å². The lowest BCUT2D eigenvalue weighted by Crippen LogP contribution is -2.16. The molecule has 0 atom stereocenters. The van der Waals surface area contributed by atoms with Gasteiger partial charge in [-0.3, -0.25) is 5.32 Å². The Morgan fingerprint density at radius 3 is 2.26 bits per heavy atom. The lowest BCUT2D eigenvalue weighted by atomic mass is 10.2. The van der Waals surface area contributed by atoms with Gasteiger partial charge in [-0.1, -0.05) is 0 Å². The van der Waals surface area contributed by atoms with Crippen molar-refractivity contribution in [2.45, 2.75) is 0 Å². The number of amides is 1. The van der Waals surface area contributed by atoms with Gasteiger partial charge < -0.3 is 18.9 Å². The second-order valence-electron chi connectivity index (χ2n) is 3.20. The zero-order valence-electron chi connectivity index (χ0n) is 11.0. The van der Waals surface area contributed by atoms with Crippen LogP contribution in [0.4, 0.5) is 10.5 Å². The summed E-state index contributed by atoms with van der Waals surface area (Å²) in [6.45, 7) is 0. The lowest BCUT2D eigenvalue weighted by Gasteiger charge is -2.13. The average molecular weight is 270 g/mol. The minimum Gasteiger partial charge on any atom is -0.481 e. The third-order valence-electron chi connectivity index (χ3n) is 2.18. The molecule has 0 bridgehead atoms. The van der Waals surface area contributed by atoms with Gasteiger partial charge in [0, 0.05) is 6.07 Å². The van der Waals surface area contributed by atoms with Crippen LogP contribution in [-0.4, -0.2) is 45.5 Å². The van der Waals surface area contributed by atoms with Crippen molar-refractivity contribution >= 4 is 17.7 Å². The van der Waals surface area contributed by atoms with Gasteiger partial charge in [-0.15, -0.1) is 0 Å². The summed E-state index contributed by atoms with van der Waals surface area (Å²) in [4.78, 5) is 26.9. The van der Waals surface area contributed by atoms with Crippen molar-refractivity contribution in [2.24, 2.45) is 0 Å². The normalized spacial score (nSPS) is 9.47. The number of nitrogens with one attached hydrogen (secondary N) is 1. The lowest BCUT2D eigenvalue weighted by molar-refractivity contribution is 0.0601. The van der Waals surface area contributed by atoms with E-state index in [0.717, 1.165) is 0 Å². The summed E-state index contributed by atoms with van der Waals surface area (Å²) in [6.07, 6.45) is -0.768. The summed E-state index contributed by atoms with van der Waals surface area (Å²) in [7, 11) is 5.13. The molecule has 1 N–H and O–H groups in total. The van der Waals surface area contributed by atoms with Gasteiger partial charge >= 0.3 is 12.1 Å². The van der Waals surface area contributed by atoms with Crippen LogP contribution in [0.15, 0.2) is 6.07 Å². The molecular weight excluding hydrogens is 256 g/mol. The van der Waals surface area contributed by atoms with Crippen molar-refractivity contribution in [3.05, 3.63) is 11.6 Å². The molecule has 8 heteroatoms. The molecule has 0 spiro atoms. The van der Waals surface area contributed by atoms with Crippen LogP contribution in [0, 0.1) is 0 Å².